The van der Waals surface area contributed by atoms with Crippen LogP contribution in [0.5, 0.6) is 17.2 Å². The van der Waals surface area contributed by atoms with Crippen LogP contribution in [0, 0.1) is 0 Å². The van der Waals surface area contributed by atoms with Crippen LogP contribution < -0.4 is 9.47 Å². The minimum Gasteiger partial charge on any atom is -0.504 e. The lowest BCUT2D eigenvalue weighted by atomic mass is 10.1. The minimum atomic E-state index is -2.64. The molecule has 0 radical (unpaired) electrons. The molecule has 0 amide bonds. The zero-order valence-electron chi connectivity index (χ0n) is 12.6. The van der Waals surface area contributed by atoms with Gasteiger partial charge in [-0.2, -0.15) is 8.42 Å². The van der Waals surface area contributed by atoms with E-state index in [0.717, 1.165) is 6.07 Å². The number of carboxylic acid groups (broad SMARTS) is 1. The van der Waals surface area contributed by atoms with Crippen LogP contribution in [0.2, 0.25) is 0 Å². The third-order valence-corrected chi connectivity index (χ3v) is 3.71. The topological polar surface area (TPSA) is 110 Å². The molecule has 24 heavy (non-hydrogen) atoms. The number of carbonyl (C=O) groups is 1. The summed E-state index contributed by atoms with van der Waals surface area (Å²) in [5, 5.41) is 18.6. The SMILES string of the molecule is COc1cc(OC(Cc2ccccc2)=S(=O)=O)cc(C(=O)O)c1O. The van der Waals surface area contributed by atoms with Crippen molar-refractivity contribution in [2.75, 3.05) is 7.11 Å². The lowest BCUT2D eigenvalue weighted by molar-refractivity contribution is 0.0692. The maximum atomic E-state index is 11.4. The van der Waals surface area contributed by atoms with E-state index in [2.05, 4.69) is 0 Å². The molecule has 0 spiro atoms. The van der Waals surface area contributed by atoms with E-state index < -0.39 is 27.6 Å². The van der Waals surface area contributed by atoms with Crippen molar-refractivity contribution in [1.82, 2.24) is 0 Å². The van der Waals surface area contributed by atoms with Crippen LogP contribution in [0.25, 0.3) is 0 Å². The Morgan fingerprint density at radius 1 is 1.17 bits per heavy atom. The molecule has 8 heteroatoms. The maximum absolute atomic E-state index is 11.4. The number of aromatic carboxylic acids is 1. The molecule has 2 aromatic rings. The van der Waals surface area contributed by atoms with Crippen LogP contribution in [0.1, 0.15) is 15.9 Å². The van der Waals surface area contributed by atoms with Crippen LogP contribution in [0.4, 0.5) is 0 Å². The van der Waals surface area contributed by atoms with E-state index in [1.807, 2.05) is 0 Å². The Labute approximate surface area is 139 Å². The molecule has 0 atom stereocenters. The molecule has 0 aliphatic heterocycles. The van der Waals surface area contributed by atoms with Crippen molar-refractivity contribution in [1.29, 1.82) is 0 Å². The Morgan fingerprint density at radius 2 is 1.83 bits per heavy atom. The summed E-state index contributed by atoms with van der Waals surface area (Å²) >= 11 is 0. The van der Waals surface area contributed by atoms with Crippen LogP contribution >= 0.6 is 0 Å². The average Bonchev–Trinajstić information content (AvgIpc) is 2.56. The predicted octanol–water partition coefficient (Wildman–Crippen LogP) is 1.73. The van der Waals surface area contributed by atoms with Gasteiger partial charge in [-0.05, 0) is 11.6 Å². The van der Waals surface area contributed by atoms with Gasteiger partial charge in [-0.3, -0.25) is 0 Å². The molecule has 0 aromatic heterocycles. The fourth-order valence-corrected chi connectivity index (χ4v) is 2.43. The molecule has 0 heterocycles. The van der Waals surface area contributed by atoms with Gasteiger partial charge in [0, 0.05) is 12.5 Å². The van der Waals surface area contributed by atoms with Gasteiger partial charge in [0.25, 0.3) is 10.3 Å². The minimum absolute atomic E-state index is 0.00253. The monoisotopic (exact) mass is 350 g/mol. The van der Waals surface area contributed by atoms with Gasteiger partial charge in [-0.25, -0.2) is 4.79 Å². The highest BCUT2D eigenvalue weighted by Gasteiger charge is 2.18. The summed E-state index contributed by atoms with van der Waals surface area (Å²) < 4.78 is 33.0. The number of rotatable bonds is 5. The Hall–Kier alpha value is -3.00. The van der Waals surface area contributed by atoms with Crippen LogP contribution in [0.15, 0.2) is 42.5 Å². The fraction of sp³-hybridized carbons (Fsp3) is 0.125. The first kappa shape index (κ1) is 17.4. The molecular formula is C16H14O7S. The molecule has 0 bridgehead atoms. The van der Waals surface area contributed by atoms with Gasteiger partial charge >= 0.3 is 5.97 Å². The maximum Gasteiger partial charge on any atom is 0.339 e. The highest BCUT2D eigenvalue weighted by molar-refractivity contribution is 7.72. The van der Waals surface area contributed by atoms with Crippen molar-refractivity contribution in [3.05, 3.63) is 53.6 Å². The van der Waals surface area contributed by atoms with E-state index in [-0.39, 0.29) is 23.0 Å². The molecule has 2 aromatic carbocycles. The largest absolute Gasteiger partial charge is 0.504 e. The molecule has 2 N–H and O–H groups in total. The number of benzene rings is 2. The Kier molecular flexibility index (Phi) is 5.43. The summed E-state index contributed by atoms with van der Waals surface area (Å²) in [5.74, 6) is -2.17. The highest BCUT2D eigenvalue weighted by atomic mass is 32.2. The van der Waals surface area contributed by atoms with Crippen LogP contribution in [0.3, 0.4) is 0 Å². The first-order valence-electron chi connectivity index (χ1n) is 6.73. The van der Waals surface area contributed by atoms with Crippen LogP contribution in [-0.2, 0) is 16.7 Å². The predicted molar refractivity (Wildman–Crippen MR) is 86.3 cm³/mol. The van der Waals surface area contributed by atoms with E-state index in [4.69, 9.17) is 14.6 Å². The van der Waals surface area contributed by atoms with Gasteiger partial charge in [0.05, 0.1) is 7.11 Å². The third-order valence-electron chi connectivity index (χ3n) is 3.11. The summed E-state index contributed by atoms with van der Waals surface area (Å²) in [6, 6.07) is 11.0. The molecule has 7 nitrogen and oxygen atoms in total. The molecule has 0 unspecified atom stereocenters. The van der Waals surface area contributed by atoms with Crippen molar-refractivity contribution < 1.29 is 32.9 Å². The van der Waals surface area contributed by atoms with Gasteiger partial charge in [0.2, 0.25) is 5.05 Å². The first-order valence-corrected chi connectivity index (χ1v) is 7.81. The molecule has 0 aliphatic rings. The van der Waals surface area contributed by atoms with E-state index in [0.29, 0.717) is 5.56 Å². The summed E-state index contributed by atoms with van der Waals surface area (Å²) in [6.07, 6.45) is 0.00253. The number of hydrogen-bond donors (Lipinski definition) is 2. The number of carboxylic acids is 1. The van der Waals surface area contributed by atoms with Crippen molar-refractivity contribution in [3.8, 4) is 17.2 Å². The summed E-state index contributed by atoms with van der Waals surface area (Å²) in [4.78, 5) is 11.2. The van der Waals surface area contributed by atoms with Gasteiger partial charge in [0.15, 0.2) is 11.5 Å². The van der Waals surface area contributed by atoms with Gasteiger partial charge in [-0.1, -0.05) is 30.3 Å². The zero-order chi connectivity index (χ0) is 17.7. The van der Waals surface area contributed by atoms with E-state index in [1.54, 1.807) is 30.3 Å². The quantitative estimate of drug-likeness (QED) is 0.790. The van der Waals surface area contributed by atoms with Crippen molar-refractivity contribution >= 4 is 21.3 Å². The second-order valence-electron chi connectivity index (χ2n) is 4.70. The van der Waals surface area contributed by atoms with Crippen molar-refractivity contribution in [2.24, 2.45) is 0 Å². The Balaban J connectivity index is 2.39. The molecule has 0 saturated heterocycles. The molecular weight excluding hydrogens is 336 g/mol. The number of phenols is 1. The second-order valence-corrected chi connectivity index (χ2v) is 5.62. The summed E-state index contributed by atoms with van der Waals surface area (Å²) in [7, 11) is -1.40. The van der Waals surface area contributed by atoms with Crippen molar-refractivity contribution in [2.45, 2.75) is 6.42 Å². The van der Waals surface area contributed by atoms with E-state index in [9.17, 15) is 18.3 Å². The lowest BCUT2D eigenvalue weighted by Gasteiger charge is -2.11. The lowest BCUT2D eigenvalue weighted by Crippen LogP contribution is -2.14. The molecule has 2 rings (SSSR count). The average molecular weight is 350 g/mol. The Bertz CT molecular complexity index is 878. The van der Waals surface area contributed by atoms with E-state index in [1.165, 1.54) is 13.2 Å². The van der Waals surface area contributed by atoms with Gasteiger partial charge in [0.1, 0.15) is 11.3 Å². The second kappa shape index (κ2) is 7.51. The smallest absolute Gasteiger partial charge is 0.339 e. The standard InChI is InChI=1S/C16H14O7S/c1-22-13-9-11(8-12(15(13)17)16(18)19)23-14(24(20)21)7-10-5-3-2-4-6-10/h2-6,8-9,17H,7H2,1H3,(H,18,19). The number of ether oxygens (including phenoxy) is 2. The normalized spacial score (nSPS) is 10.0. The van der Waals surface area contributed by atoms with E-state index >= 15 is 0 Å². The highest BCUT2D eigenvalue weighted by Crippen LogP contribution is 2.34. The summed E-state index contributed by atoms with van der Waals surface area (Å²) in [5.41, 5.74) is 0.251. The number of methoxy groups -OCH3 is 1. The number of aromatic hydroxyl groups is 1. The molecule has 0 aliphatic carbocycles. The van der Waals surface area contributed by atoms with Crippen molar-refractivity contribution in [3.63, 3.8) is 0 Å². The summed E-state index contributed by atoms with van der Waals surface area (Å²) in [6.45, 7) is 0. The molecule has 0 saturated carbocycles. The first-order chi connectivity index (χ1) is 11.4. The molecule has 0 fully saturated rings. The van der Waals surface area contributed by atoms with Crippen LogP contribution in [-0.4, -0.2) is 36.8 Å². The van der Waals surface area contributed by atoms with Gasteiger partial charge < -0.3 is 19.7 Å². The number of hydrogen-bond acceptors (Lipinski definition) is 6. The fourth-order valence-electron chi connectivity index (χ4n) is 1.98. The van der Waals surface area contributed by atoms with Gasteiger partial charge in [-0.15, -0.1) is 0 Å². The zero-order valence-corrected chi connectivity index (χ0v) is 13.4. The molecule has 126 valence electrons. The Morgan fingerprint density at radius 3 is 2.38 bits per heavy atom. The third kappa shape index (κ3) is 4.05.